The average molecular weight is 153 g/mol. The Balaban J connectivity index is 2.48. The Morgan fingerprint density at radius 2 is 2.64 bits per heavy atom. The van der Waals surface area contributed by atoms with E-state index in [0.717, 1.165) is 24.5 Å². The molecular weight excluding hydrogens is 142 g/mol. The lowest BCUT2D eigenvalue weighted by molar-refractivity contribution is 0.0294. The molecule has 1 aromatic heterocycles. The molecule has 0 bridgehead atoms. The molecule has 11 heavy (non-hydrogen) atoms. The Morgan fingerprint density at radius 3 is 3.36 bits per heavy atom. The molecule has 4 nitrogen and oxygen atoms in total. The zero-order chi connectivity index (χ0) is 7.84. The lowest BCUT2D eigenvalue weighted by atomic mass is 10.2. The summed E-state index contributed by atoms with van der Waals surface area (Å²) in [5.41, 5.74) is 7.43. The topological polar surface area (TPSA) is 53.1 Å². The molecule has 0 aromatic carbocycles. The number of fused-ring (bicyclic) bond motifs is 1. The van der Waals surface area contributed by atoms with Crippen LogP contribution in [0.15, 0.2) is 6.20 Å². The maximum absolute atomic E-state index is 5.69. The number of nitrogen functional groups attached to an aromatic ring is 1. The third-order valence-corrected chi connectivity index (χ3v) is 1.97. The van der Waals surface area contributed by atoms with Gasteiger partial charge in [0.05, 0.1) is 36.8 Å². The van der Waals surface area contributed by atoms with Gasteiger partial charge in [0.2, 0.25) is 0 Å². The van der Waals surface area contributed by atoms with Gasteiger partial charge in [-0.2, -0.15) is 5.10 Å². The van der Waals surface area contributed by atoms with Crippen LogP contribution in [0.5, 0.6) is 0 Å². The molecule has 0 fully saturated rings. The largest absolute Gasteiger partial charge is 0.396 e. The number of hydrogen-bond acceptors (Lipinski definition) is 3. The van der Waals surface area contributed by atoms with E-state index in [2.05, 4.69) is 5.10 Å². The number of rotatable bonds is 0. The number of hydrogen-bond donors (Lipinski definition) is 1. The van der Waals surface area contributed by atoms with Crippen LogP contribution in [0, 0.1) is 0 Å². The van der Waals surface area contributed by atoms with E-state index in [4.69, 9.17) is 10.5 Å². The third kappa shape index (κ3) is 0.903. The van der Waals surface area contributed by atoms with Crippen molar-refractivity contribution in [2.24, 2.45) is 0 Å². The van der Waals surface area contributed by atoms with Gasteiger partial charge >= 0.3 is 0 Å². The minimum atomic E-state index is 0.0891. The van der Waals surface area contributed by atoms with Gasteiger partial charge in [-0.15, -0.1) is 0 Å². The highest BCUT2D eigenvalue weighted by Crippen LogP contribution is 2.25. The molecule has 1 aromatic rings. The lowest BCUT2D eigenvalue weighted by Gasteiger charge is -2.21. The molecule has 1 aliphatic rings. The number of aromatic nitrogens is 2. The zero-order valence-corrected chi connectivity index (χ0v) is 6.45. The quantitative estimate of drug-likeness (QED) is 0.592. The summed E-state index contributed by atoms with van der Waals surface area (Å²) in [6, 6.07) is 0. The van der Waals surface area contributed by atoms with Crippen LogP contribution in [0.1, 0.15) is 18.7 Å². The molecule has 0 saturated heterocycles. The molecule has 2 rings (SSSR count). The van der Waals surface area contributed by atoms with Crippen molar-refractivity contribution in [1.82, 2.24) is 9.78 Å². The molecule has 4 heteroatoms. The zero-order valence-electron chi connectivity index (χ0n) is 6.45. The number of nitrogens with zero attached hydrogens (tertiary/aromatic N) is 2. The van der Waals surface area contributed by atoms with Gasteiger partial charge in [0.25, 0.3) is 0 Å². The fourth-order valence-electron chi connectivity index (χ4n) is 1.43. The molecule has 0 saturated carbocycles. The van der Waals surface area contributed by atoms with Crippen LogP contribution in [0.25, 0.3) is 0 Å². The second-order valence-corrected chi connectivity index (χ2v) is 2.72. The summed E-state index contributed by atoms with van der Waals surface area (Å²) in [7, 11) is 0. The van der Waals surface area contributed by atoms with Crippen LogP contribution in [-0.2, 0) is 11.3 Å². The molecule has 2 heterocycles. The van der Waals surface area contributed by atoms with Crippen molar-refractivity contribution in [3.63, 3.8) is 0 Å². The summed E-state index contributed by atoms with van der Waals surface area (Å²) in [5.74, 6) is 0. The summed E-state index contributed by atoms with van der Waals surface area (Å²) >= 11 is 0. The van der Waals surface area contributed by atoms with Gasteiger partial charge in [-0.25, -0.2) is 0 Å². The average Bonchev–Trinajstić information content (AvgIpc) is 2.34. The van der Waals surface area contributed by atoms with Crippen LogP contribution >= 0.6 is 0 Å². The van der Waals surface area contributed by atoms with Gasteiger partial charge in [-0.05, 0) is 6.92 Å². The normalized spacial score (nSPS) is 23.2. The van der Waals surface area contributed by atoms with E-state index < -0.39 is 0 Å². The first-order valence-corrected chi connectivity index (χ1v) is 3.72. The summed E-state index contributed by atoms with van der Waals surface area (Å²) in [4.78, 5) is 0. The van der Waals surface area contributed by atoms with Crippen molar-refractivity contribution in [2.75, 3.05) is 12.3 Å². The number of nitrogens with two attached hydrogens (primary N) is 1. The molecule has 1 atom stereocenters. The first kappa shape index (κ1) is 6.67. The molecule has 0 aliphatic carbocycles. The van der Waals surface area contributed by atoms with Crippen molar-refractivity contribution in [3.05, 3.63) is 11.9 Å². The second-order valence-electron chi connectivity index (χ2n) is 2.72. The number of anilines is 1. The maximum Gasteiger partial charge on any atom is 0.0985 e. The van der Waals surface area contributed by atoms with Gasteiger partial charge < -0.3 is 10.5 Å². The lowest BCUT2D eigenvalue weighted by Crippen LogP contribution is -2.21. The van der Waals surface area contributed by atoms with Crippen LogP contribution < -0.4 is 5.73 Å². The van der Waals surface area contributed by atoms with E-state index in [1.54, 1.807) is 6.20 Å². The standard InChI is InChI=1S/C7H11N3O/c1-5-7-6(8)4-9-10(7)2-3-11-5/h4-5H,2-3,8H2,1H3. The minimum Gasteiger partial charge on any atom is -0.396 e. The highest BCUT2D eigenvalue weighted by Gasteiger charge is 2.19. The van der Waals surface area contributed by atoms with E-state index in [1.807, 2.05) is 11.6 Å². The molecule has 2 N–H and O–H groups in total. The van der Waals surface area contributed by atoms with Crippen molar-refractivity contribution in [3.8, 4) is 0 Å². The molecule has 0 amide bonds. The first-order valence-electron chi connectivity index (χ1n) is 3.72. The molecular formula is C7H11N3O. The SMILES string of the molecule is CC1OCCn2ncc(N)c21. The predicted octanol–water partition coefficient (Wildman–Crippen LogP) is 0.556. The second kappa shape index (κ2) is 2.23. The van der Waals surface area contributed by atoms with Crippen molar-refractivity contribution in [2.45, 2.75) is 19.6 Å². The smallest absolute Gasteiger partial charge is 0.0985 e. The third-order valence-electron chi connectivity index (χ3n) is 1.97. The minimum absolute atomic E-state index is 0.0891. The van der Waals surface area contributed by atoms with Crippen LogP contribution in [-0.4, -0.2) is 16.4 Å². The molecule has 0 radical (unpaired) electrons. The van der Waals surface area contributed by atoms with Crippen molar-refractivity contribution < 1.29 is 4.74 Å². The number of ether oxygens (including phenoxy) is 1. The Morgan fingerprint density at radius 1 is 1.82 bits per heavy atom. The summed E-state index contributed by atoms with van der Waals surface area (Å²) in [5, 5.41) is 4.12. The fraction of sp³-hybridized carbons (Fsp3) is 0.571. The van der Waals surface area contributed by atoms with Gasteiger partial charge in [-0.1, -0.05) is 0 Å². The van der Waals surface area contributed by atoms with Gasteiger partial charge in [-0.3, -0.25) is 4.68 Å². The first-order chi connectivity index (χ1) is 5.29. The van der Waals surface area contributed by atoms with Gasteiger partial charge in [0.15, 0.2) is 0 Å². The van der Waals surface area contributed by atoms with Gasteiger partial charge in [0.1, 0.15) is 0 Å². The summed E-state index contributed by atoms with van der Waals surface area (Å²) in [6.45, 7) is 3.54. The monoisotopic (exact) mass is 153 g/mol. The molecule has 1 unspecified atom stereocenters. The molecule has 1 aliphatic heterocycles. The Kier molecular flexibility index (Phi) is 1.35. The van der Waals surface area contributed by atoms with E-state index >= 15 is 0 Å². The predicted molar refractivity (Wildman–Crippen MR) is 41.0 cm³/mol. The van der Waals surface area contributed by atoms with Crippen LogP contribution in [0.2, 0.25) is 0 Å². The van der Waals surface area contributed by atoms with Crippen LogP contribution in [0.3, 0.4) is 0 Å². The van der Waals surface area contributed by atoms with Crippen molar-refractivity contribution in [1.29, 1.82) is 0 Å². The molecule has 60 valence electrons. The van der Waals surface area contributed by atoms with Gasteiger partial charge in [0, 0.05) is 0 Å². The van der Waals surface area contributed by atoms with E-state index in [-0.39, 0.29) is 6.10 Å². The highest BCUT2D eigenvalue weighted by atomic mass is 16.5. The highest BCUT2D eigenvalue weighted by molar-refractivity contribution is 5.42. The van der Waals surface area contributed by atoms with E-state index in [9.17, 15) is 0 Å². The Labute approximate surface area is 64.9 Å². The Bertz CT molecular complexity index is 269. The van der Waals surface area contributed by atoms with Crippen molar-refractivity contribution >= 4 is 5.69 Å². The van der Waals surface area contributed by atoms with E-state index in [0.29, 0.717) is 0 Å². The van der Waals surface area contributed by atoms with Crippen LogP contribution in [0.4, 0.5) is 5.69 Å². The molecule has 0 spiro atoms. The Hall–Kier alpha value is -1.03. The van der Waals surface area contributed by atoms with E-state index in [1.165, 1.54) is 0 Å². The summed E-state index contributed by atoms with van der Waals surface area (Å²) in [6.07, 6.45) is 1.77. The summed E-state index contributed by atoms with van der Waals surface area (Å²) < 4.78 is 7.31. The maximum atomic E-state index is 5.69. The fourth-order valence-corrected chi connectivity index (χ4v) is 1.43.